The maximum absolute atomic E-state index is 12.9. The number of hydrogen-bond donors (Lipinski definition) is 1. The summed E-state index contributed by atoms with van der Waals surface area (Å²) in [6, 6.07) is 6.56. The Morgan fingerprint density at radius 3 is 2.53 bits per heavy atom. The number of hydrogen-bond acceptors (Lipinski definition) is 4. The van der Waals surface area contributed by atoms with Crippen LogP contribution in [0.5, 0.6) is 0 Å². The zero-order valence-corrected chi connectivity index (χ0v) is 11.4. The Labute approximate surface area is 113 Å². The molecule has 19 heavy (non-hydrogen) atoms. The first-order valence-corrected chi connectivity index (χ1v) is 6.42. The lowest BCUT2D eigenvalue weighted by molar-refractivity contribution is 0.0255. The van der Waals surface area contributed by atoms with Crippen molar-refractivity contribution >= 4 is 0 Å². The highest BCUT2D eigenvalue weighted by Crippen LogP contribution is 2.02. The lowest BCUT2D eigenvalue weighted by Crippen LogP contribution is -2.20. The fourth-order valence-electron chi connectivity index (χ4n) is 1.49. The van der Waals surface area contributed by atoms with Crippen molar-refractivity contribution in [2.24, 2.45) is 0 Å². The van der Waals surface area contributed by atoms with E-state index in [4.69, 9.17) is 14.2 Å². The molecule has 1 aromatic carbocycles. The minimum absolute atomic E-state index is 0.205. The molecule has 1 aromatic rings. The molecule has 0 saturated heterocycles. The molecule has 0 amide bonds. The molecule has 5 heteroatoms. The van der Waals surface area contributed by atoms with Gasteiger partial charge in [-0.25, -0.2) is 4.39 Å². The standard InChI is InChI=1S/C14H22FNO3/c1-17-7-8-19-10-9-18-6-5-16-12-13-3-2-4-14(15)11-13/h2-4,11,16H,5-10,12H2,1H3. The second-order valence-corrected chi connectivity index (χ2v) is 4.02. The normalized spacial score (nSPS) is 10.8. The van der Waals surface area contributed by atoms with Crippen molar-refractivity contribution in [3.05, 3.63) is 35.6 Å². The number of ether oxygens (including phenoxy) is 3. The van der Waals surface area contributed by atoms with Gasteiger partial charge in [0.2, 0.25) is 0 Å². The van der Waals surface area contributed by atoms with E-state index in [0.717, 1.165) is 12.1 Å². The van der Waals surface area contributed by atoms with Gasteiger partial charge in [-0.3, -0.25) is 0 Å². The molecule has 0 fully saturated rings. The van der Waals surface area contributed by atoms with Crippen molar-refractivity contribution in [2.75, 3.05) is 46.7 Å². The van der Waals surface area contributed by atoms with Gasteiger partial charge in [-0.05, 0) is 17.7 Å². The highest BCUT2D eigenvalue weighted by atomic mass is 19.1. The Hall–Kier alpha value is -1.01. The van der Waals surface area contributed by atoms with Gasteiger partial charge in [0, 0.05) is 20.2 Å². The molecule has 108 valence electrons. The van der Waals surface area contributed by atoms with Crippen LogP contribution < -0.4 is 5.32 Å². The molecule has 0 heterocycles. The van der Waals surface area contributed by atoms with Crippen LogP contribution >= 0.6 is 0 Å². The molecule has 1 rings (SSSR count). The molecule has 0 aromatic heterocycles. The largest absolute Gasteiger partial charge is 0.382 e. The van der Waals surface area contributed by atoms with Gasteiger partial charge >= 0.3 is 0 Å². The van der Waals surface area contributed by atoms with Gasteiger partial charge in [0.1, 0.15) is 5.82 Å². The van der Waals surface area contributed by atoms with Crippen LogP contribution in [0.3, 0.4) is 0 Å². The molecule has 0 bridgehead atoms. The molecule has 0 saturated carbocycles. The zero-order valence-electron chi connectivity index (χ0n) is 11.4. The molecule has 0 aliphatic rings. The van der Waals surface area contributed by atoms with Crippen molar-refractivity contribution in [3.63, 3.8) is 0 Å². The molecular formula is C14H22FNO3. The van der Waals surface area contributed by atoms with Crippen molar-refractivity contribution in [1.29, 1.82) is 0 Å². The quantitative estimate of drug-likeness (QED) is 0.621. The summed E-state index contributed by atoms with van der Waals surface area (Å²) in [4.78, 5) is 0. The molecular weight excluding hydrogens is 249 g/mol. The summed E-state index contributed by atoms with van der Waals surface area (Å²) >= 11 is 0. The van der Waals surface area contributed by atoms with Gasteiger partial charge in [-0.1, -0.05) is 12.1 Å². The molecule has 0 radical (unpaired) electrons. The van der Waals surface area contributed by atoms with E-state index >= 15 is 0 Å². The average Bonchev–Trinajstić information content (AvgIpc) is 2.41. The van der Waals surface area contributed by atoms with Crippen LogP contribution in [-0.4, -0.2) is 46.7 Å². The number of nitrogens with one attached hydrogen (secondary N) is 1. The molecule has 1 N–H and O–H groups in total. The second-order valence-electron chi connectivity index (χ2n) is 4.02. The van der Waals surface area contributed by atoms with Crippen LogP contribution in [0.2, 0.25) is 0 Å². The number of rotatable bonds is 11. The Kier molecular flexibility index (Phi) is 9.18. The summed E-state index contributed by atoms with van der Waals surface area (Å²) in [6.45, 7) is 4.34. The minimum Gasteiger partial charge on any atom is -0.382 e. The summed E-state index contributed by atoms with van der Waals surface area (Å²) in [5.41, 5.74) is 0.933. The summed E-state index contributed by atoms with van der Waals surface area (Å²) in [6.07, 6.45) is 0. The smallest absolute Gasteiger partial charge is 0.123 e. The van der Waals surface area contributed by atoms with Crippen LogP contribution in [0.1, 0.15) is 5.56 Å². The first kappa shape index (κ1) is 16.0. The van der Waals surface area contributed by atoms with Gasteiger partial charge in [-0.2, -0.15) is 0 Å². The van der Waals surface area contributed by atoms with Crippen LogP contribution in [0.15, 0.2) is 24.3 Å². The van der Waals surface area contributed by atoms with E-state index in [0.29, 0.717) is 39.6 Å². The van der Waals surface area contributed by atoms with Gasteiger partial charge in [-0.15, -0.1) is 0 Å². The van der Waals surface area contributed by atoms with E-state index in [-0.39, 0.29) is 5.82 Å². The van der Waals surface area contributed by atoms with E-state index in [1.54, 1.807) is 13.2 Å². The van der Waals surface area contributed by atoms with Gasteiger partial charge in [0.25, 0.3) is 0 Å². The predicted molar refractivity (Wildman–Crippen MR) is 71.6 cm³/mol. The van der Waals surface area contributed by atoms with E-state index < -0.39 is 0 Å². The Balaban J connectivity index is 1.89. The summed E-state index contributed by atoms with van der Waals surface area (Å²) in [5.74, 6) is -0.205. The molecule has 0 unspecified atom stereocenters. The SMILES string of the molecule is COCCOCCOCCNCc1cccc(F)c1. The molecule has 0 atom stereocenters. The van der Waals surface area contributed by atoms with Crippen molar-refractivity contribution in [3.8, 4) is 0 Å². The lowest BCUT2D eigenvalue weighted by atomic mass is 10.2. The van der Waals surface area contributed by atoms with Crippen LogP contribution in [0.25, 0.3) is 0 Å². The Morgan fingerprint density at radius 2 is 1.79 bits per heavy atom. The summed E-state index contributed by atoms with van der Waals surface area (Å²) in [7, 11) is 1.64. The monoisotopic (exact) mass is 271 g/mol. The predicted octanol–water partition coefficient (Wildman–Crippen LogP) is 1.59. The van der Waals surface area contributed by atoms with E-state index in [1.165, 1.54) is 12.1 Å². The maximum atomic E-state index is 12.9. The average molecular weight is 271 g/mol. The highest BCUT2D eigenvalue weighted by molar-refractivity contribution is 5.15. The van der Waals surface area contributed by atoms with E-state index in [9.17, 15) is 4.39 Å². The van der Waals surface area contributed by atoms with Crippen LogP contribution in [0, 0.1) is 5.82 Å². The van der Waals surface area contributed by atoms with Crippen molar-refractivity contribution in [2.45, 2.75) is 6.54 Å². The third-order valence-electron chi connectivity index (χ3n) is 2.45. The summed E-state index contributed by atoms with van der Waals surface area (Å²) < 4.78 is 28.4. The third-order valence-corrected chi connectivity index (χ3v) is 2.45. The second kappa shape index (κ2) is 10.9. The molecule has 0 spiro atoms. The molecule has 0 aliphatic heterocycles. The fraction of sp³-hybridized carbons (Fsp3) is 0.571. The van der Waals surface area contributed by atoms with Crippen molar-refractivity contribution < 1.29 is 18.6 Å². The Morgan fingerprint density at radius 1 is 1.05 bits per heavy atom. The van der Waals surface area contributed by atoms with E-state index in [2.05, 4.69) is 5.32 Å². The lowest BCUT2D eigenvalue weighted by Gasteiger charge is -2.07. The zero-order chi connectivity index (χ0) is 13.8. The van der Waals surface area contributed by atoms with E-state index in [1.807, 2.05) is 6.07 Å². The number of benzene rings is 1. The van der Waals surface area contributed by atoms with Gasteiger partial charge in [0.05, 0.1) is 33.0 Å². The first-order chi connectivity index (χ1) is 9.33. The van der Waals surface area contributed by atoms with Crippen LogP contribution in [-0.2, 0) is 20.8 Å². The number of methoxy groups -OCH3 is 1. The maximum Gasteiger partial charge on any atom is 0.123 e. The minimum atomic E-state index is -0.205. The highest BCUT2D eigenvalue weighted by Gasteiger charge is 1.95. The van der Waals surface area contributed by atoms with Gasteiger partial charge < -0.3 is 19.5 Å². The third kappa shape index (κ3) is 8.67. The first-order valence-electron chi connectivity index (χ1n) is 6.42. The molecule has 4 nitrogen and oxygen atoms in total. The van der Waals surface area contributed by atoms with Gasteiger partial charge in [0.15, 0.2) is 0 Å². The number of halogens is 1. The fourth-order valence-corrected chi connectivity index (χ4v) is 1.49. The molecule has 0 aliphatic carbocycles. The van der Waals surface area contributed by atoms with Crippen molar-refractivity contribution in [1.82, 2.24) is 5.32 Å². The Bertz CT molecular complexity index is 336. The summed E-state index contributed by atoms with van der Waals surface area (Å²) in [5, 5.41) is 3.19. The topological polar surface area (TPSA) is 39.7 Å². The van der Waals surface area contributed by atoms with Crippen LogP contribution in [0.4, 0.5) is 4.39 Å².